The third-order valence-corrected chi connectivity index (χ3v) is 3.96. The van der Waals surface area contributed by atoms with E-state index in [2.05, 4.69) is 21.2 Å². The van der Waals surface area contributed by atoms with Gasteiger partial charge in [-0.2, -0.15) is 0 Å². The predicted octanol–water partition coefficient (Wildman–Crippen LogP) is 3.40. The Bertz CT molecular complexity index is 701. The summed E-state index contributed by atoms with van der Waals surface area (Å²) in [6.07, 6.45) is 0.294. The van der Waals surface area contributed by atoms with E-state index in [1.54, 1.807) is 7.05 Å². The topological polar surface area (TPSA) is 49.4 Å². The smallest absolute Gasteiger partial charge is 0.243 e. The standard InChI is InChI=1S/C18H19BrN2O2/c1-13-10-15(19)8-9-16(13)20-17(22)12-21(2)18(23)11-14-6-4-3-5-7-14/h3-10H,11-12H2,1-2H3,(H,20,22). The maximum Gasteiger partial charge on any atom is 0.243 e. The molecule has 0 spiro atoms. The minimum absolute atomic E-state index is 0.0289. The Kier molecular flexibility index (Phi) is 5.93. The Morgan fingerprint density at radius 1 is 1.13 bits per heavy atom. The Balaban J connectivity index is 1.90. The minimum atomic E-state index is -0.209. The van der Waals surface area contributed by atoms with Gasteiger partial charge in [0.15, 0.2) is 0 Å². The van der Waals surface area contributed by atoms with Gasteiger partial charge < -0.3 is 10.2 Å². The summed E-state index contributed by atoms with van der Waals surface area (Å²) in [4.78, 5) is 25.7. The monoisotopic (exact) mass is 374 g/mol. The second-order valence-electron chi connectivity index (χ2n) is 5.42. The first kappa shape index (κ1) is 17.2. The van der Waals surface area contributed by atoms with Crippen molar-refractivity contribution in [3.8, 4) is 0 Å². The van der Waals surface area contributed by atoms with Gasteiger partial charge in [0.25, 0.3) is 0 Å². The summed E-state index contributed by atoms with van der Waals surface area (Å²) < 4.78 is 0.961. The van der Waals surface area contributed by atoms with Crippen molar-refractivity contribution in [2.24, 2.45) is 0 Å². The lowest BCUT2D eigenvalue weighted by Gasteiger charge is -2.17. The van der Waals surface area contributed by atoms with Crippen LogP contribution in [0.2, 0.25) is 0 Å². The van der Waals surface area contributed by atoms with Crippen LogP contribution in [-0.4, -0.2) is 30.3 Å². The lowest BCUT2D eigenvalue weighted by molar-refractivity contribution is -0.132. The summed E-state index contributed by atoms with van der Waals surface area (Å²) in [7, 11) is 1.64. The van der Waals surface area contributed by atoms with Crippen LogP contribution in [0.3, 0.4) is 0 Å². The van der Waals surface area contributed by atoms with E-state index >= 15 is 0 Å². The molecule has 0 saturated heterocycles. The highest BCUT2D eigenvalue weighted by Gasteiger charge is 2.14. The van der Waals surface area contributed by atoms with Gasteiger partial charge in [-0.25, -0.2) is 0 Å². The summed E-state index contributed by atoms with van der Waals surface area (Å²) in [5, 5.41) is 2.83. The first-order chi connectivity index (χ1) is 11.0. The number of rotatable bonds is 5. The SMILES string of the molecule is Cc1cc(Br)ccc1NC(=O)CN(C)C(=O)Cc1ccccc1. The van der Waals surface area contributed by atoms with Crippen LogP contribution in [0, 0.1) is 6.92 Å². The molecule has 2 aromatic carbocycles. The van der Waals surface area contributed by atoms with E-state index in [1.807, 2.05) is 55.5 Å². The van der Waals surface area contributed by atoms with E-state index < -0.39 is 0 Å². The van der Waals surface area contributed by atoms with E-state index in [0.29, 0.717) is 6.42 Å². The van der Waals surface area contributed by atoms with Crippen molar-refractivity contribution in [2.75, 3.05) is 18.9 Å². The second-order valence-corrected chi connectivity index (χ2v) is 6.34. The number of carbonyl (C=O) groups excluding carboxylic acids is 2. The number of amides is 2. The van der Waals surface area contributed by atoms with E-state index in [9.17, 15) is 9.59 Å². The number of carbonyl (C=O) groups is 2. The number of hydrogen-bond donors (Lipinski definition) is 1. The van der Waals surface area contributed by atoms with Crippen molar-refractivity contribution < 1.29 is 9.59 Å². The van der Waals surface area contributed by atoms with Gasteiger partial charge in [0.05, 0.1) is 13.0 Å². The fourth-order valence-corrected chi connectivity index (χ4v) is 2.64. The molecule has 120 valence electrons. The molecule has 0 aliphatic carbocycles. The van der Waals surface area contributed by atoms with Crippen LogP contribution in [0.4, 0.5) is 5.69 Å². The number of hydrogen-bond acceptors (Lipinski definition) is 2. The number of nitrogens with one attached hydrogen (secondary N) is 1. The molecule has 4 nitrogen and oxygen atoms in total. The van der Waals surface area contributed by atoms with Crippen LogP contribution in [0.1, 0.15) is 11.1 Å². The van der Waals surface area contributed by atoms with Gasteiger partial charge in [0, 0.05) is 17.2 Å². The van der Waals surface area contributed by atoms with Gasteiger partial charge >= 0.3 is 0 Å². The van der Waals surface area contributed by atoms with Crippen LogP contribution in [0.25, 0.3) is 0 Å². The van der Waals surface area contributed by atoms with Crippen LogP contribution in [0.15, 0.2) is 53.0 Å². The zero-order chi connectivity index (χ0) is 16.8. The minimum Gasteiger partial charge on any atom is -0.336 e. The molecule has 0 fully saturated rings. The van der Waals surface area contributed by atoms with E-state index in [-0.39, 0.29) is 18.4 Å². The molecule has 2 aromatic rings. The van der Waals surface area contributed by atoms with Gasteiger partial charge in [-0.15, -0.1) is 0 Å². The molecule has 2 amide bonds. The molecular formula is C18H19BrN2O2. The molecule has 0 unspecified atom stereocenters. The van der Waals surface area contributed by atoms with Crippen LogP contribution >= 0.6 is 15.9 Å². The third-order valence-electron chi connectivity index (χ3n) is 3.47. The summed E-state index contributed by atoms with van der Waals surface area (Å²) in [5.74, 6) is -0.293. The number of halogens is 1. The van der Waals surface area contributed by atoms with Crippen LogP contribution < -0.4 is 5.32 Å². The van der Waals surface area contributed by atoms with Crippen molar-refractivity contribution in [3.63, 3.8) is 0 Å². The highest BCUT2D eigenvalue weighted by atomic mass is 79.9. The van der Waals surface area contributed by atoms with Crippen molar-refractivity contribution in [1.82, 2.24) is 4.90 Å². The third kappa shape index (κ3) is 5.21. The fourth-order valence-electron chi connectivity index (χ4n) is 2.17. The Morgan fingerprint density at radius 2 is 1.83 bits per heavy atom. The van der Waals surface area contributed by atoms with Gasteiger partial charge in [0.1, 0.15) is 0 Å². The molecule has 0 atom stereocenters. The maximum atomic E-state index is 12.2. The average Bonchev–Trinajstić information content (AvgIpc) is 2.51. The molecule has 5 heteroatoms. The van der Waals surface area contributed by atoms with Crippen molar-refractivity contribution in [2.45, 2.75) is 13.3 Å². The van der Waals surface area contributed by atoms with Crippen LogP contribution in [0.5, 0.6) is 0 Å². The molecule has 1 N–H and O–H groups in total. The Labute approximate surface area is 144 Å². The van der Waals surface area contributed by atoms with Crippen molar-refractivity contribution in [3.05, 3.63) is 64.1 Å². The molecule has 23 heavy (non-hydrogen) atoms. The molecule has 0 heterocycles. The summed E-state index contributed by atoms with van der Waals surface area (Å²) in [6, 6.07) is 15.1. The highest BCUT2D eigenvalue weighted by Crippen LogP contribution is 2.19. The second kappa shape index (κ2) is 7.92. The zero-order valence-electron chi connectivity index (χ0n) is 13.2. The highest BCUT2D eigenvalue weighted by molar-refractivity contribution is 9.10. The summed E-state index contributed by atoms with van der Waals surface area (Å²) >= 11 is 3.39. The molecule has 0 radical (unpaired) electrons. The van der Waals surface area contributed by atoms with Gasteiger partial charge in [-0.05, 0) is 36.2 Å². The summed E-state index contributed by atoms with van der Waals surface area (Å²) in [6.45, 7) is 1.95. The quantitative estimate of drug-likeness (QED) is 0.871. The Morgan fingerprint density at radius 3 is 2.48 bits per heavy atom. The molecular weight excluding hydrogens is 356 g/mol. The van der Waals surface area contributed by atoms with Gasteiger partial charge in [-0.1, -0.05) is 46.3 Å². The van der Waals surface area contributed by atoms with Crippen molar-refractivity contribution in [1.29, 1.82) is 0 Å². The van der Waals surface area contributed by atoms with Crippen molar-refractivity contribution >= 4 is 33.4 Å². The van der Waals surface area contributed by atoms with E-state index in [1.165, 1.54) is 4.90 Å². The van der Waals surface area contributed by atoms with Gasteiger partial charge in [-0.3, -0.25) is 9.59 Å². The fraction of sp³-hybridized carbons (Fsp3) is 0.222. The van der Waals surface area contributed by atoms with E-state index in [0.717, 1.165) is 21.3 Å². The van der Waals surface area contributed by atoms with Crippen LogP contribution in [-0.2, 0) is 16.0 Å². The first-order valence-corrected chi connectivity index (χ1v) is 8.09. The first-order valence-electron chi connectivity index (χ1n) is 7.29. The maximum absolute atomic E-state index is 12.2. The molecule has 0 aromatic heterocycles. The van der Waals surface area contributed by atoms with Gasteiger partial charge in [0.2, 0.25) is 11.8 Å². The number of aryl methyl sites for hydroxylation is 1. The molecule has 0 bridgehead atoms. The molecule has 0 aliphatic rings. The average molecular weight is 375 g/mol. The zero-order valence-corrected chi connectivity index (χ0v) is 14.8. The lowest BCUT2D eigenvalue weighted by Crippen LogP contribution is -2.35. The molecule has 0 aliphatic heterocycles. The van der Waals surface area contributed by atoms with E-state index in [4.69, 9.17) is 0 Å². The normalized spacial score (nSPS) is 10.2. The molecule has 0 saturated carbocycles. The lowest BCUT2D eigenvalue weighted by atomic mass is 10.1. The number of nitrogens with zero attached hydrogens (tertiary/aromatic N) is 1. The largest absolute Gasteiger partial charge is 0.336 e. The molecule has 2 rings (SSSR count). The number of benzene rings is 2. The number of likely N-dealkylation sites (N-methyl/N-ethyl adjacent to an activating group) is 1. The number of anilines is 1. The summed E-state index contributed by atoms with van der Waals surface area (Å²) in [5.41, 5.74) is 2.65. The predicted molar refractivity (Wildman–Crippen MR) is 95.3 cm³/mol. The Hall–Kier alpha value is -2.14.